The third-order valence-corrected chi connectivity index (χ3v) is 4.04. The molecular formula is C16H22N2O3. The molecule has 5 heteroatoms. The highest BCUT2D eigenvalue weighted by atomic mass is 16.6. The Labute approximate surface area is 125 Å². The molecule has 0 saturated carbocycles. The van der Waals surface area contributed by atoms with Crippen LogP contribution in [0.3, 0.4) is 0 Å². The van der Waals surface area contributed by atoms with Crippen molar-refractivity contribution in [1.29, 1.82) is 0 Å². The van der Waals surface area contributed by atoms with Crippen LogP contribution >= 0.6 is 0 Å². The van der Waals surface area contributed by atoms with Crippen molar-refractivity contribution in [3.8, 4) is 5.75 Å². The molecule has 5 nitrogen and oxygen atoms in total. The number of ether oxygens (including phenoxy) is 2. The number of nitrogens with one attached hydrogen (secondary N) is 2. The van der Waals surface area contributed by atoms with E-state index in [9.17, 15) is 4.79 Å². The summed E-state index contributed by atoms with van der Waals surface area (Å²) in [6.07, 6.45) is 2.75. The van der Waals surface area contributed by atoms with Gasteiger partial charge in [-0.2, -0.15) is 0 Å². The molecule has 0 radical (unpaired) electrons. The number of hydrogen-bond acceptors (Lipinski definition) is 4. The predicted octanol–water partition coefficient (Wildman–Crippen LogP) is 2.16. The van der Waals surface area contributed by atoms with Gasteiger partial charge in [0.05, 0.1) is 6.54 Å². The van der Waals surface area contributed by atoms with E-state index in [1.54, 1.807) is 0 Å². The molecule has 1 aliphatic heterocycles. The molecule has 2 N–H and O–H groups in total. The highest BCUT2D eigenvalue weighted by Gasteiger charge is 2.26. The van der Waals surface area contributed by atoms with E-state index in [1.807, 2.05) is 12.1 Å². The van der Waals surface area contributed by atoms with E-state index in [2.05, 4.69) is 23.6 Å². The standard InChI is InChI=1S/C16H22N2O3/c1-2-8-17-14-7-6-13-12(14)4-3-5-15(13)20-10-11-9-18-16(19)21-11/h3-5,11,14,17H,2,6-10H2,1H3,(H,18,19). The topological polar surface area (TPSA) is 59.6 Å². The van der Waals surface area contributed by atoms with Crippen molar-refractivity contribution in [2.45, 2.75) is 38.3 Å². The fourth-order valence-corrected chi connectivity index (χ4v) is 2.99. The maximum Gasteiger partial charge on any atom is 0.407 e. The lowest BCUT2D eigenvalue weighted by Crippen LogP contribution is -2.22. The van der Waals surface area contributed by atoms with E-state index >= 15 is 0 Å². The molecule has 0 bridgehead atoms. The van der Waals surface area contributed by atoms with Gasteiger partial charge in [0.15, 0.2) is 6.10 Å². The third kappa shape index (κ3) is 3.13. The quantitative estimate of drug-likeness (QED) is 0.843. The van der Waals surface area contributed by atoms with Crippen LogP contribution in [-0.4, -0.2) is 31.9 Å². The van der Waals surface area contributed by atoms with Crippen molar-refractivity contribution < 1.29 is 14.3 Å². The SMILES string of the molecule is CCCNC1CCc2c(OCC3CNC(=O)O3)cccc21. The van der Waals surface area contributed by atoms with Crippen LogP contribution < -0.4 is 15.4 Å². The molecule has 3 rings (SSSR count). The van der Waals surface area contributed by atoms with E-state index in [4.69, 9.17) is 9.47 Å². The Hall–Kier alpha value is -1.75. The van der Waals surface area contributed by atoms with Crippen LogP contribution in [0.4, 0.5) is 4.79 Å². The molecular weight excluding hydrogens is 268 g/mol. The molecule has 0 spiro atoms. The number of amides is 1. The molecule has 1 aromatic rings. The number of cyclic esters (lactones) is 1. The van der Waals surface area contributed by atoms with Gasteiger partial charge in [-0.3, -0.25) is 0 Å². The first-order valence-electron chi connectivity index (χ1n) is 7.70. The van der Waals surface area contributed by atoms with Crippen molar-refractivity contribution in [3.63, 3.8) is 0 Å². The largest absolute Gasteiger partial charge is 0.489 e. The van der Waals surface area contributed by atoms with Crippen LogP contribution in [0.15, 0.2) is 18.2 Å². The number of rotatable bonds is 6. The zero-order valence-corrected chi connectivity index (χ0v) is 12.4. The van der Waals surface area contributed by atoms with Gasteiger partial charge in [-0.25, -0.2) is 4.79 Å². The number of carbonyl (C=O) groups is 1. The van der Waals surface area contributed by atoms with E-state index < -0.39 is 0 Å². The summed E-state index contributed by atoms with van der Waals surface area (Å²) in [7, 11) is 0. The van der Waals surface area contributed by atoms with Gasteiger partial charge in [0, 0.05) is 6.04 Å². The highest BCUT2D eigenvalue weighted by molar-refractivity contribution is 5.69. The van der Waals surface area contributed by atoms with Crippen molar-refractivity contribution >= 4 is 6.09 Å². The smallest absolute Gasteiger partial charge is 0.407 e. The van der Waals surface area contributed by atoms with Crippen LogP contribution in [-0.2, 0) is 11.2 Å². The van der Waals surface area contributed by atoms with Gasteiger partial charge >= 0.3 is 6.09 Å². The zero-order chi connectivity index (χ0) is 14.7. The van der Waals surface area contributed by atoms with Gasteiger partial charge in [-0.15, -0.1) is 0 Å². The summed E-state index contributed by atoms with van der Waals surface area (Å²) in [6, 6.07) is 6.67. The Kier molecular flexibility index (Phi) is 4.29. The first-order chi connectivity index (χ1) is 10.3. The van der Waals surface area contributed by atoms with Crippen LogP contribution in [0.25, 0.3) is 0 Å². The van der Waals surface area contributed by atoms with E-state index in [-0.39, 0.29) is 12.2 Å². The third-order valence-electron chi connectivity index (χ3n) is 4.04. The van der Waals surface area contributed by atoms with Crippen LogP contribution in [0.2, 0.25) is 0 Å². The van der Waals surface area contributed by atoms with Crippen LogP contribution in [0.1, 0.15) is 36.9 Å². The van der Waals surface area contributed by atoms with Gasteiger partial charge in [0.1, 0.15) is 12.4 Å². The minimum absolute atomic E-state index is 0.191. The molecule has 1 aromatic carbocycles. The number of benzene rings is 1. The normalized spacial score (nSPS) is 23.6. The molecule has 2 unspecified atom stereocenters. The molecule has 0 aromatic heterocycles. The Morgan fingerprint density at radius 1 is 1.48 bits per heavy atom. The zero-order valence-electron chi connectivity index (χ0n) is 12.4. The minimum Gasteiger partial charge on any atom is -0.489 e. The average Bonchev–Trinajstić information content (AvgIpc) is 3.09. The lowest BCUT2D eigenvalue weighted by molar-refractivity contribution is 0.104. The lowest BCUT2D eigenvalue weighted by Gasteiger charge is -2.16. The fourth-order valence-electron chi connectivity index (χ4n) is 2.99. The first kappa shape index (κ1) is 14.2. The van der Waals surface area contributed by atoms with Gasteiger partial charge in [-0.05, 0) is 43.0 Å². The molecule has 114 valence electrons. The maximum atomic E-state index is 11.0. The molecule has 1 heterocycles. The van der Waals surface area contributed by atoms with E-state index in [1.165, 1.54) is 11.1 Å². The summed E-state index contributed by atoms with van der Waals surface area (Å²) < 4.78 is 11.0. The molecule has 2 aliphatic rings. The Morgan fingerprint density at radius 2 is 2.38 bits per heavy atom. The minimum atomic E-state index is -0.356. The fraction of sp³-hybridized carbons (Fsp3) is 0.562. The second kappa shape index (κ2) is 6.35. The van der Waals surface area contributed by atoms with Gasteiger partial charge in [0.25, 0.3) is 0 Å². The molecule has 1 saturated heterocycles. The number of fused-ring (bicyclic) bond motifs is 1. The van der Waals surface area contributed by atoms with Crippen LogP contribution in [0.5, 0.6) is 5.75 Å². The number of alkyl carbamates (subject to hydrolysis) is 1. The molecule has 2 atom stereocenters. The monoisotopic (exact) mass is 290 g/mol. The summed E-state index contributed by atoms with van der Waals surface area (Å²) in [5, 5.41) is 6.22. The Balaban J connectivity index is 1.64. The summed E-state index contributed by atoms with van der Waals surface area (Å²) in [4.78, 5) is 11.0. The van der Waals surface area contributed by atoms with E-state index in [0.29, 0.717) is 19.2 Å². The Morgan fingerprint density at radius 3 is 3.14 bits per heavy atom. The van der Waals surface area contributed by atoms with Gasteiger partial charge in [0.2, 0.25) is 0 Å². The summed E-state index contributed by atoms with van der Waals surface area (Å²) in [6.45, 7) is 4.15. The summed E-state index contributed by atoms with van der Waals surface area (Å²) >= 11 is 0. The van der Waals surface area contributed by atoms with Crippen molar-refractivity contribution in [2.24, 2.45) is 0 Å². The second-order valence-electron chi connectivity index (χ2n) is 5.59. The number of hydrogen-bond donors (Lipinski definition) is 2. The first-order valence-corrected chi connectivity index (χ1v) is 7.70. The maximum absolute atomic E-state index is 11.0. The molecule has 1 aliphatic carbocycles. The van der Waals surface area contributed by atoms with Crippen molar-refractivity contribution in [1.82, 2.24) is 10.6 Å². The molecule has 21 heavy (non-hydrogen) atoms. The van der Waals surface area contributed by atoms with E-state index in [0.717, 1.165) is 31.6 Å². The second-order valence-corrected chi connectivity index (χ2v) is 5.59. The van der Waals surface area contributed by atoms with Crippen LogP contribution in [0, 0.1) is 0 Å². The molecule has 1 amide bonds. The van der Waals surface area contributed by atoms with Crippen molar-refractivity contribution in [2.75, 3.05) is 19.7 Å². The predicted molar refractivity (Wildman–Crippen MR) is 79.6 cm³/mol. The van der Waals surface area contributed by atoms with Crippen molar-refractivity contribution in [3.05, 3.63) is 29.3 Å². The Bertz CT molecular complexity index is 518. The van der Waals surface area contributed by atoms with Gasteiger partial charge < -0.3 is 20.1 Å². The highest BCUT2D eigenvalue weighted by Crippen LogP contribution is 2.37. The summed E-state index contributed by atoms with van der Waals surface area (Å²) in [5.74, 6) is 0.927. The number of carbonyl (C=O) groups excluding carboxylic acids is 1. The average molecular weight is 290 g/mol. The lowest BCUT2D eigenvalue weighted by atomic mass is 10.1. The van der Waals surface area contributed by atoms with Gasteiger partial charge in [-0.1, -0.05) is 19.1 Å². The summed E-state index contributed by atoms with van der Waals surface area (Å²) in [5.41, 5.74) is 2.64. The molecule has 1 fully saturated rings.